The van der Waals surface area contributed by atoms with Gasteiger partial charge in [0.15, 0.2) is 0 Å². The van der Waals surface area contributed by atoms with E-state index in [9.17, 15) is 0 Å². The number of hydrogen-bond acceptors (Lipinski definition) is 2. The quantitative estimate of drug-likeness (QED) is 0.171. The van der Waals surface area contributed by atoms with E-state index in [4.69, 9.17) is 0 Å². The maximum absolute atomic E-state index is 2.39. The summed E-state index contributed by atoms with van der Waals surface area (Å²) in [6.07, 6.45) is 0. The van der Waals surface area contributed by atoms with Crippen molar-refractivity contribution in [2.75, 3.05) is 4.90 Å². The highest BCUT2D eigenvalue weighted by Gasteiger charge is 2.17. The summed E-state index contributed by atoms with van der Waals surface area (Å²) in [4.78, 5) is 2.39. The smallest absolute Gasteiger partial charge is 0.0541 e. The Labute approximate surface area is 300 Å². The van der Waals surface area contributed by atoms with Crippen LogP contribution in [0.3, 0.4) is 0 Å². The van der Waals surface area contributed by atoms with E-state index in [0.29, 0.717) is 0 Å². The fourth-order valence-electron chi connectivity index (χ4n) is 7.57. The molecule has 0 radical (unpaired) electrons. The Morgan fingerprint density at radius 2 is 0.922 bits per heavy atom. The minimum atomic E-state index is 1.12. The molecule has 51 heavy (non-hydrogen) atoms. The second-order valence-electron chi connectivity index (χ2n) is 13.0. The highest BCUT2D eigenvalue weighted by Crippen LogP contribution is 2.42. The molecule has 0 spiro atoms. The van der Waals surface area contributed by atoms with Gasteiger partial charge in [-0.3, -0.25) is 0 Å². The van der Waals surface area contributed by atoms with Crippen molar-refractivity contribution in [1.82, 2.24) is 4.57 Å². The molecule has 0 aliphatic carbocycles. The molecule has 3 heteroatoms. The van der Waals surface area contributed by atoms with Gasteiger partial charge in [-0.1, -0.05) is 115 Å². The summed E-state index contributed by atoms with van der Waals surface area (Å²) < 4.78 is 4.99. The first-order valence-electron chi connectivity index (χ1n) is 17.3. The zero-order chi connectivity index (χ0) is 33.7. The number of aromatic nitrogens is 1. The molecule has 0 N–H and O–H groups in total. The SMILES string of the molecule is c1ccc(-c2ccc(N(c3cccc(-c4ccc5c(c4)c4ccccc4n5-c4ccccc4)c3)c3ccc4sc5ccccc5c4c3)cc2)cc1. The fraction of sp³-hybridized carbons (Fsp3) is 0. The summed E-state index contributed by atoms with van der Waals surface area (Å²) in [7, 11) is 0. The molecule has 0 bridgehead atoms. The van der Waals surface area contributed by atoms with Crippen molar-refractivity contribution < 1.29 is 0 Å². The molecule has 0 atom stereocenters. The Morgan fingerprint density at radius 3 is 1.76 bits per heavy atom. The number of thiophene rings is 1. The minimum Gasteiger partial charge on any atom is -0.310 e. The summed E-state index contributed by atoms with van der Waals surface area (Å²) in [5.74, 6) is 0. The number of anilines is 3. The highest BCUT2D eigenvalue weighted by molar-refractivity contribution is 7.25. The van der Waals surface area contributed by atoms with E-state index < -0.39 is 0 Å². The van der Waals surface area contributed by atoms with E-state index in [1.165, 1.54) is 69.9 Å². The maximum atomic E-state index is 2.39. The number of benzene rings is 8. The first kappa shape index (κ1) is 29.5. The lowest BCUT2D eigenvalue weighted by atomic mass is 10.0. The van der Waals surface area contributed by atoms with Crippen molar-refractivity contribution >= 4 is 70.4 Å². The average molecular weight is 669 g/mol. The highest BCUT2D eigenvalue weighted by atomic mass is 32.1. The van der Waals surface area contributed by atoms with Crippen LogP contribution in [0.5, 0.6) is 0 Å². The summed E-state index contributed by atoms with van der Waals surface area (Å²) in [6.45, 7) is 0. The zero-order valence-corrected chi connectivity index (χ0v) is 28.6. The molecule has 0 aliphatic heterocycles. The first-order chi connectivity index (χ1) is 25.3. The van der Waals surface area contributed by atoms with E-state index in [-0.39, 0.29) is 0 Å². The zero-order valence-electron chi connectivity index (χ0n) is 27.8. The Bertz CT molecular complexity index is 2850. The molecule has 2 aromatic heterocycles. The van der Waals surface area contributed by atoms with Crippen LogP contribution in [0.25, 0.3) is 69.9 Å². The molecular weight excluding hydrogens is 637 g/mol. The van der Waals surface area contributed by atoms with Crippen LogP contribution in [-0.4, -0.2) is 4.57 Å². The van der Waals surface area contributed by atoms with Gasteiger partial charge in [0.05, 0.1) is 11.0 Å². The largest absolute Gasteiger partial charge is 0.310 e. The molecular formula is C48H32N2S. The van der Waals surface area contributed by atoms with Crippen LogP contribution in [0, 0.1) is 0 Å². The normalized spacial score (nSPS) is 11.5. The van der Waals surface area contributed by atoms with Crippen LogP contribution in [-0.2, 0) is 0 Å². The molecule has 0 saturated heterocycles. The number of hydrogen-bond donors (Lipinski definition) is 0. The van der Waals surface area contributed by atoms with Crippen LogP contribution in [0.1, 0.15) is 0 Å². The van der Waals surface area contributed by atoms with Gasteiger partial charge in [0.1, 0.15) is 0 Å². The van der Waals surface area contributed by atoms with Crippen molar-refractivity contribution in [1.29, 1.82) is 0 Å². The number of para-hydroxylation sites is 2. The standard InChI is InChI=1S/C48H32N2S/c1-3-12-33(13-4-1)34-22-25-38(26-23-34)49(40-27-29-48-44(32-40)42-19-8-10-21-47(42)51-48)39-17-11-14-35(30-39)36-24-28-46-43(31-36)41-18-7-9-20-45(41)50(46)37-15-5-2-6-16-37/h1-32H. The third kappa shape index (κ3) is 5.10. The second-order valence-corrected chi connectivity index (χ2v) is 14.1. The number of rotatable bonds is 6. The molecule has 0 saturated carbocycles. The Morgan fingerprint density at radius 1 is 0.333 bits per heavy atom. The van der Waals surface area contributed by atoms with Gasteiger partial charge in [-0.15, -0.1) is 11.3 Å². The molecule has 2 nitrogen and oxygen atoms in total. The molecule has 8 aromatic carbocycles. The van der Waals surface area contributed by atoms with Gasteiger partial charge in [0.25, 0.3) is 0 Å². The van der Waals surface area contributed by atoms with Crippen LogP contribution in [0.4, 0.5) is 17.1 Å². The lowest BCUT2D eigenvalue weighted by Crippen LogP contribution is -2.10. The lowest BCUT2D eigenvalue weighted by Gasteiger charge is -2.26. The summed E-state index contributed by atoms with van der Waals surface area (Å²) in [6, 6.07) is 70.4. The summed E-state index contributed by atoms with van der Waals surface area (Å²) >= 11 is 1.85. The predicted octanol–water partition coefficient (Wildman–Crippen LogP) is 14.0. The summed E-state index contributed by atoms with van der Waals surface area (Å²) in [5, 5.41) is 5.09. The van der Waals surface area contributed by atoms with E-state index >= 15 is 0 Å². The second kappa shape index (κ2) is 12.2. The number of nitrogens with zero attached hydrogens (tertiary/aromatic N) is 2. The maximum Gasteiger partial charge on any atom is 0.0541 e. The molecule has 2 heterocycles. The molecule has 10 rings (SSSR count). The van der Waals surface area contributed by atoms with Crippen molar-refractivity contribution in [3.05, 3.63) is 194 Å². The van der Waals surface area contributed by atoms with Gasteiger partial charge in [0.2, 0.25) is 0 Å². The van der Waals surface area contributed by atoms with Crippen LogP contribution in [0.15, 0.2) is 194 Å². The van der Waals surface area contributed by atoms with Crippen LogP contribution < -0.4 is 4.90 Å². The third-order valence-corrected chi connectivity index (χ3v) is 11.1. The first-order valence-corrected chi connectivity index (χ1v) is 18.2. The van der Waals surface area contributed by atoms with Gasteiger partial charge < -0.3 is 9.47 Å². The minimum absolute atomic E-state index is 1.12. The van der Waals surface area contributed by atoms with E-state index in [0.717, 1.165) is 17.1 Å². The molecule has 0 unspecified atom stereocenters. The monoisotopic (exact) mass is 668 g/mol. The van der Waals surface area contributed by atoms with Gasteiger partial charge in [-0.2, -0.15) is 0 Å². The molecule has 0 amide bonds. The van der Waals surface area contributed by atoms with Gasteiger partial charge >= 0.3 is 0 Å². The Hall–Kier alpha value is -6.42. The summed E-state index contributed by atoms with van der Waals surface area (Å²) in [5.41, 5.74) is 11.8. The van der Waals surface area contributed by atoms with E-state index in [2.05, 4.69) is 204 Å². The molecule has 0 fully saturated rings. The fourth-order valence-corrected chi connectivity index (χ4v) is 8.65. The van der Waals surface area contributed by atoms with Crippen molar-refractivity contribution in [3.63, 3.8) is 0 Å². The van der Waals surface area contributed by atoms with Crippen molar-refractivity contribution in [2.45, 2.75) is 0 Å². The van der Waals surface area contributed by atoms with Gasteiger partial charge in [0, 0.05) is 53.7 Å². The Balaban J connectivity index is 1.12. The van der Waals surface area contributed by atoms with E-state index in [1.807, 2.05) is 11.3 Å². The Kier molecular flexibility index (Phi) is 7.04. The van der Waals surface area contributed by atoms with Crippen LogP contribution >= 0.6 is 11.3 Å². The molecule has 10 aromatic rings. The van der Waals surface area contributed by atoms with Crippen molar-refractivity contribution in [2.24, 2.45) is 0 Å². The van der Waals surface area contributed by atoms with Crippen molar-refractivity contribution in [3.8, 4) is 27.9 Å². The van der Waals surface area contributed by atoms with Gasteiger partial charge in [-0.05, 0) is 101 Å². The molecule has 0 aliphatic rings. The van der Waals surface area contributed by atoms with Gasteiger partial charge in [-0.25, -0.2) is 0 Å². The average Bonchev–Trinajstić information content (AvgIpc) is 3.74. The topological polar surface area (TPSA) is 8.17 Å². The predicted molar refractivity (Wildman–Crippen MR) is 219 cm³/mol. The lowest BCUT2D eigenvalue weighted by molar-refractivity contribution is 1.18. The van der Waals surface area contributed by atoms with E-state index in [1.54, 1.807) is 0 Å². The molecule has 240 valence electrons. The third-order valence-electron chi connectivity index (χ3n) is 9.98. The number of fused-ring (bicyclic) bond motifs is 6. The van der Waals surface area contributed by atoms with Crippen LogP contribution in [0.2, 0.25) is 0 Å².